The van der Waals surface area contributed by atoms with Gasteiger partial charge in [0.1, 0.15) is 5.76 Å². The normalized spacial score (nSPS) is 24.4. The molecule has 2 fully saturated rings. The Morgan fingerprint density at radius 1 is 1.00 bits per heavy atom. The predicted molar refractivity (Wildman–Crippen MR) is 135 cm³/mol. The summed E-state index contributed by atoms with van der Waals surface area (Å²) in [5, 5.41) is 0. The molecule has 0 aromatic heterocycles. The molecular formula is C28H36N2O3S. The van der Waals surface area contributed by atoms with Gasteiger partial charge in [-0.3, -0.25) is 4.90 Å². The number of nitrogens with one attached hydrogen (secondary N) is 1. The fourth-order valence-electron chi connectivity index (χ4n) is 5.72. The molecule has 0 spiro atoms. The zero-order valence-electron chi connectivity index (χ0n) is 20.1. The number of hydrogen-bond acceptors (Lipinski definition) is 4. The van der Waals surface area contributed by atoms with Crippen LogP contribution in [0.4, 0.5) is 0 Å². The molecular weight excluding hydrogens is 444 g/mol. The molecule has 1 aromatic carbocycles. The number of sulfonamides is 1. The lowest BCUT2D eigenvalue weighted by Gasteiger charge is -2.37. The monoisotopic (exact) mass is 480 g/mol. The maximum absolute atomic E-state index is 12.7. The van der Waals surface area contributed by atoms with Crippen LogP contribution in [0.3, 0.4) is 0 Å². The van der Waals surface area contributed by atoms with E-state index in [9.17, 15) is 8.42 Å². The molecule has 5 rings (SSSR count). The number of benzene rings is 1. The second-order valence-electron chi connectivity index (χ2n) is 10.2. The van der Waals surface area contributed by atoms with Gasteiger partial charge in [-0.1, -0.05) is 36.2 Å². The molecule has 4 aliphatic rings. The average molecular weight is 481 g/mol. The SMILES string of the molecule is Cc1ccc(S(=O)(=O)NC2CCC(CCN3CCCCC3c3coc4cccc-4c3)CC2)cc1. The summed E-state index contributed by atoms with van der Waals surface area (Å²) in [6, 6.07) is 16.1. The van der Waals surface area contributed by atoms with Crippen LogP contribution in [-0.4, -0.2) is 32.4 Å². The third-order valence-corrected chi connectivity index (χ3v) is 9.31. The van der Waals surface area contributed by atoms with Crippen molar-refractivity contribution in [3.8, 4) is 11.3 Å². The number of fused-ring (bicyclic) bond motifs is 1. The van der Waals surface area contributed by atoms with E-state index in [1.165, 1.54) is 36.8 Å². The maximum Gasteiger partial charge on any atom is 0.240 e. The summed E-state index contributed by atoms with van der Waals surface area (Å²) in [5.41, 5.74) is 3.55. The smallest absolute Gasteiger partial charge is 0.240 e. The lowest BCUT2D eigenvalue weighted by atomic mass is 9.84. The fourth-order valence-corrected chi connectivity index (χ4v) is 7.03. The third-order valence-electron chi connectivity index (χ3n) is 7.77. The second kappa shape index (κ2) is 10.2. The first-order valence-corrected chi connectivity index (χ1v) is 14.3. The summed E-state index contributed by atoms with van der Waals surface area (Å²) in [7, 11) is -3.44. The van der Waals surface area contributed by atoms with Gasteiger partial charge in [0.05, 0.1) is 11.2 Å². The number of hydrogen-bond donors (Lipinski definition) is 1. The first-order chi connectivity index (χ1) is 16.5. The lowest BCUT2D eigenvalue weighted by molar-refractivity contribution is 0.131. The summed E-state index contributed by atoms with van der Waals surface area (Å²) in [4.78, 5) is 3.01. The molecule has 1 aromatic rings. The van der Waals surface area contributed by atoms with E-state index in [0.717, 1.165) is 50.1 Å². The second-order valence-corrected chi connectivity index (χ2v) is 11.9. The molecule has 34 heavy (non-hydrogen) atoms. The summed E-state index contributed by atoms with van der Waals surface area (Å²) >= 11 is 0. The quantitative estimate of drug-likeness (QED) is 0.441. The van der Waals surface area contributed by atoms with Gasteiger partial charge in [-0.2, -0.15) is 0 Å². The van der Waals surface area contributed by atoms with Gasteiger partial charge in [0, 0.05) is 23.2 Å². The number of nitrogens with zero attached hydrogens (tertiary/aromatic N) is 1. The molecule has 6 heteroatoms. The average Bonchev–Trinajstić information content (AvgIpc) is 3.32. The molecule has 1 atom stereocenters. The van der Waals surface area contributed by atoms with Crippen LogP contribution in [0.5, 0.6) is 0 Å². The molecule has 1 unspecified atom stereocenters. The Kier molecular flexibility index (Phi) is 7.09. The zero-order valence-corrected chi connectivity index (χ0v) is 20.9. The number of likely N-dealkylation sites (tertiary alicyclic amines) is 1. The van der Waals surface area contributed by atoms with Crippen molar-refractivity contribution in [2.24, 2.45) is 5.92 Å². The zero-order chi connectivity index (χ0) is 23.5. The van der Waals surface area contributed by atoms with E-state index in [1.54, 1.807) is 12.1 Å². The minimum Gasteiger partial charge on any atom is -0.464 e. The van der Waals surface area contributed by atoms with Crippen LogP contribution in [0.15, 0.2) is 64.1 Å². The van der Waals surface area contributed by atoms with E-state index in [0.29, 0.717) is 16.9 Å². The Hall–Kier alpha value is -2.15. The van der Waals surface area contributed by atoms with Crippen LogP contribution in [0.1, 0.15) is 68.5 Å². The van der Waals surface area contributed by atoms with Crippen LogP contribution in [0.25, 0.3) is 11.3 Å². The van der Waals surface area contributed by atoms with Crippen LogP contribution >= 0.6 is 0 Å². The van der Waals surface area contributed by atoms with Gasteiger partial charge in [-0.05, 0) is 95.1 Å². The van der Waals surface area contributed by atoms with Crippen molar-refractivity contribution < 1.29 is 12.8 Å². The Bertz CT molecular complexity index is 1150. The predicted octanol–water partition coefficient (Wildman–Crippen LogP) is 6.15. The van der Waals surface area contributed by atoms with Gasteiger partial charge < -0.3 is 4.42 Å². The molecule has 0 amide bonds. The van der Waals surface area contributed by atoms with Crippen molar-refractivity contribution in [1.29, 1.82) is 0 Å². The Balaban J connectivity index is 1.13. The van der Waals surface area contributed by atoms with Crippen molar-refractivity contribution in [3.05, 3.63) is 65.9 Å². The van der Waals surface area contributed by atoms with Gasteiger partial charge >= 0.3 is 0 Å². The Labute approximate surface area is 203 Å². The van der Waals surface area contributed by atoms with Crippen molar-refractivity contribution in [3.63, 3.8) is 0 Å². The maximum atomic E-state index is 12.7. The van der Waals surface area contributed by atoms with E-state index in [4.69, 9.17) is 4.42 Å². The molecule has 1 N–H and O–H groups in total. The highest BCUT2D eigenvalue weighted by atomic mass is 32.2. The summed E-state index contributed by atoms with van der Waals surface area (Å²) in [5.74, 6) is 1.63. The molecule has 0 bridgehead atoms. The molecule has 5 nitrogen and oxygen atoms in total. The third kappa shape index (κ3) is 5.40. The first-order valence-electron chi connectivity index (χ1n) is 12.8. The molecule has 2 heterocycles. The highest BCUT2D eigenvalue weighted by molar-refractivity contribution is 7.89. The van der Waals surface area contributed by atoms with Crippen LogP contribution in [0, 0.1) is 12.8 Å². The van der Waals surface area contributed by atoms with E-state index in [-0.39, 0.29) is 6.04 Å². The van der Waals surface area contributed by atoms with E-state index in [1.807, 2.05) is 37.5 Å². The highest BCUT2D eigenvalue weighted by Gasteiger charge is 2.29. The summed E-state index contributed by atoms with van der Waals surface area (Å²) < 4.78 is 34.3. The van der Waals surface area contributed by atoms with E-state index < -0.39 is 10.0 Å². The first kappa shape index (κ1) is 23.6. The lowest BCUT2D eigenvalue weighted by Crippen LogP contribution is -2.38. The topological polar surface area (TPSA) is 62.6 Å². The Morgan fingerprint density at radius 3 is 2.59 bits per heavy atom. The fraction of sp³-hybridized carbons (Fsp3) is 0.500. The van der Waals surface area contributed by atoms with E-state index >= 15 is 0 Å². The molecule has 1 saturated heterocycles. The van der Waals surface area contributed by atoms with Crippen molar-refractivity contribution in [2.45, 2.75) is 75.3 Å². The van der Waals surface area contributed by atoms with Crippen LogP contribution in [0.2, 0.25) is 0 Å². The summed E-state index contributed by atoms with van der Waals surface area (Å²) in [6.07, 6.45) is 10.9. The Morgan fingerprint density at radius 2 is 1.79 bits per heavy atom. The highest BCUT2D eigenvalue weighted by Crippen LogP contribution is 2.36. The van der Waals surface area contributed by atoms with Gasteiger partial charge in [0.15, 0.2) is 0 Å². The van der Waals surface area contributed by atoms with Gasteiger partial charge in [-0.15, -0.1) is 0 Å². The van der Waals surface area contributed by atoms with E-state index in [2.05, 4.69) is 21.8 Å². The van der Waals surface area contributed by atoms with Crippen molar-refractivity contribution in [1.82, 2.24) is 9.62 Å². The van der Waals surface area contributed by atoms with Crippen molar-refractivity contribution >= 4 is 10.0 Å². The molecule has 1 saturated carbocycles. The molecule has 182 valence electrons. The number of aryl methyl sites for hydroxylation is 1. The molecule has 2 aliphatic heterocycles. The van der Waals surface area contributed by atoms with Crippen molar-refractivity contribution in [2.75, 3.05) is 13.1 Å². The minimum absolute atomic E-state index is 0.0446. The number of rotatable bonds is 7. The van der Waals surface area contributed by atoms with Crippen LogP contribution < -0.4 is 4.72 Å². The molecule has 0 radical (unpaired) electrons. The van der Waals surface area contributed by atoms with Gasteiger partial charge in [0.25, 0.3) is 0 Å². The molecule has 2 aliphatic carbocycles. The van der Waals surface area contributed by atoms with Crippen LogP contribution in [-0.2, 0) is 10.0 Å². The van der Waals surface area contributed by atoms with Gasteiger partial charge in [-0.25, -0.2) is 13.1 Å². The summed E-state index contributed by atoms with van der Waals surface area (Å²) in [6.45, 7) is 4.22. The minimum atomic E-state index is -3.44. The standard InChI is InChI=1S/C28H36N2O3S/c1-21-8-14-26(15-9-21)34(31,32)29-25-12-10-22(11-13-25)16-18-30-17-3-2-6-27(30)24-19-23-5-4-7-28(23)33-20-24/h4-5,7-9,14-15,19-20,22,25,27,29H,2-3,6,10-13,16-18H2,1H3. The largest absolute Gasteiger partial charge is 0.464 e. The van der Waals surface area contributed by atoms with Gasteiger partial charge in [0.2, 0.25) is 10.0 Å². The number of piperidine rings is 1.